The van der Waals surface area contributed by atoms with Gasteiger partial charge in [0.25, 0.3) is 0 Å². The van der Waals surface area contributed by atoms with Crippen molar-refractivity contribution in [1.29, 1.82) is 0 Å². The van der Waals surface area contributed by atoms with Crippen LogP contribution in [-0.4, -0.2) is 33.0 Å². The third-order valence-electron chi connectivity index (χ3n) is 5.23. The third kappa shape index (κ3) is 6.86. The van der Waals surface area contributed by atoms with Crippen LogP contribution in [0.4, 0.5) is 11.4 Å². The number of para-hydroxylation sites is 1. The Morgan fingerprint density at radius 3 is 2.37 bits per heavy atom. The first-order chi connectivity index (χ1) is 17.1. The van der Waals surface area contributed by atoms with Gasteiger partial charge in [-0.25, -0.2) is 0 Å². The number of nitrogens with one attached hydrogen (secondary N) is 2. The molecule has 3 aromatic carbocycles. The number of benzene rings is 3. The molecule has 1 heterocycles. The minimum absolute atomic E-state index is 0.0475. The van der Waals surface area contributed by atoms with Gasteiger partial charge in [-0.1, -0.05) is 47.7 Å². The molecule has 180 valence electrons. The number of aryl methyl sites for hydroxylation is 1. The molecule has 7 nitrogen and oxygen atoms in total. The Labute approximate surface area is 209 Å². The van der Waals surface area contributed by atoms with E-state index in [9.17, 15) is 4.79 Å². The first-order valence-corrected chi connectivity index (χ1v) is 12.6. The fraction of sp³-hybridized carbons (Fsp3) is 0.222. The zero-order valence-corrected chi connectivity index (χ0v) is 20.7. The van der Waals surface area contributed by atoms with Gasteiger partial charge in [0, 0.05) is 29.2 Å². The smallest absolute Gasteiger partial charge is 0.225 e. The summed E-state index contributed by atoms with van der Waals surface area (Å²) in [5, 5.41) is 16.0. The molecule has 8 heteroatoms. The van der Waals surface area contributed by atoms with Crippen molar-refractivity contribution in [2.75, 3.05) is 23.0 Å². The molecular weight excluding hydrogens is 458 g/mol. The molecule has 0 unspecified atom stereocenters. The Morgan fingerprint density at radius 1 is 0.943 bits per heavy atom. The zero-order chi connectivity index (χ0) is 24.5. The number of hydrogen-bond acceptors (Lipinski definition) is 6. The highest BCUT2D eigenvalue weighted by Gasteiger charge is 2.15. The van der Waals surface area contributed by atoms with Gasteiger partial charge in [0.05, 0.1) is 13.2 Å². The second kappa shape index (κ2) is 12.1. The Balaban J connectivity index is 1.38. The number of carbonyl (C=O) groups excluding carboxylic acids is 1. The van der Waals surface area contributed by atoms with Crippen molar-refractivity contribution in [3.63, 3.8) is 0 Å². The number of hydrogen-bond donors (Lipinski definition) is 2. The normalized spacial score (nSPS) is 10.7. The predicted octanol–water partition coefficient (Wildman–Crippen LogP) is 5.71. The summed E-state index contributed by atoms with van der Waals surface area (Å²) in [6, 6.07) is 25.7. The standard InChI is InChI=1S/C27H29N5O2S/c1-3-34-24-15-13-22(14-16-24)29-26(33)17-18-35-27-31-30-25(32(27)23-7-5-4-6-8-23)19-28-21-11-9-20(2)10-12-21/h4-16,28H,3,17-19H2,1-2H3,(H,29,33). The van der Waals surface area contributed by atoms with E-state index in [1.165, 1.54) is 17.3 Å². The Kier molecular flexibility index (Phi) is 8.40. The molecule has 0 saturated carbocycles. The molecule has 0 fully saturated rings. The van der Waals surface area contributed by atoms with Crippen LogP contribution in [0.5, 0.6) is 5.75 Å². The number of thioether (sulfide) groups is 1. The topological polar surface area (TPSA) is 81.1 Å². The predicted molar refractivity (Wildman–Crippen MR) is 141 cm³/mol. The van der Waals surface area contributed by atoms with Gasteiger partial charge in [-0.05, 0) is 62.4 Å². The van der Waals surface area contributed by atoms with Crippen LogP contribution in [0.2, 0.25) is 0 Å². The van der Waals surface area contributed by atoms with E-state index in [0.717, 1.165) is 33.8 Å². The van der Waals surface area contributed by atoms with Gasteiger partial charge >= 0.3 is 0 Å². The van der Waals surface area contributed by atoms with E-state index in [2.05, 4.69) is 52.0 Å². The summed E-state index contributed by atoms with van der Waals surface area (Å²) >= 11 is 1.52. The summed E-state index contributed by atoms with van der Waals surface area (Å²) in [6.07, 6.45) is 0.358. The van der Waals surface area contributed by atoms with Crippen molar-refractivity contribution < 1.29 is 9.53 Å². The minimum atomic E-state index is -0.0475. The molecule has 0 aliphatic heterocycles. The van der Waals surface area contributed by atoms with Gasteiger partial charge in [0.1, 0.15) is 5.75 Å². The maximum atomic E-state index is 12.4. The summed E-state index contributed by atoms with van der Waals surface area (Å²) in [7, 11) is 0. The first-order valence-electron chi connectivity index (χ1n) is 11.6. The van der Waals surface area contributed by atoms with Crippen LogP contribution in [0.1, 0.15) is 24.7 Å². The largest absolute Gasteiger partial charge is 0.494 e. The van der Waals surface area contributed by atoms with Gasteiger partial charge in [-0.2, -0.15) is 0 Å². The van der Waals surface area contributed by atoms with Crippen LogP contribution in [0.15, 0.2) is 84.0 Å². The molecule has 0 atom stereocenters. The molecule has 0 radical (unpaired) electrons. The van der Waals surface area contributed by atoms with Gasteiger partial charge in [-0.3, -0.25) is 9.36 Å². The van der Waals surface area contributed by atoms with Gasteiger partial charge in [0.15, 0.2) is 11.0 Å². The van der Waals surface area contributed by atoms with E-state index in [4.69, 9.17) is 4.74 Å². The Hall–Kier alpha value is -3.78. The first kappa shape index (κ1) is 24.3. The second-order valence-electron chi connectivity index (χ2n) is 7.89. The maximum absolute atomic E-state index is 12.4. The molecule has 1 amide bonds. The lowest BCUT2D eigenvalue weighted by molar-refractivity contribution is -0.115. The number of amides is 1. The van der Waals surface area contributed by atoms with Gasteiger partial charge in [0.2, 0.25) is 5.91 Å². The molecule has 4 rings (SSSR count). The van der Waals surface area contributed by atoms with Gasteiger partial charge < -0.3 is 15.4 Å². The summed E-state index contributed by atoms with van der Waals surface area (Å²) < 4.78 is 7.48. The molecule has 0 aliphatic carbocycles. The number of ether oxygens (including phenoxy) is 1. The van der Waals surface area contributed by atoms with Crippen molar-refractivity contribution in [1.82, 2.24) is 14.8 Å². The highest BCUT2D eigenvalue weighted by molar-refractivity contribution is 7.99. The van der Waals surface area contributed by atoms with Crippen LogP contribution in [0.25, 0.3) is 5.69 Å². The molecule has 2 N–H and O–H groups in total. The van der Waals surface area contributed by atoms with E-state index in [0.29, 0.717) is 25.3 Å². The van der Waals surface area contributed by atoms with E-state index < -0.39 is 0 Å². The summed E-state index contributed by atoms with van der Waals surface area (Å²) in [6.45, 7) is 5.15. The van der Waals surface area contributed by atoms with E-state index in [-0.39, 0.29) is 5.91 Å². The Bertz CT molecular complexity index is 1220. The maximum Gasteiger partial charge on any atom is 0.225 e. The van der Waals surface area contributed by atoms with Crippen LogP contribution in [0.3, 0.4) is 0 Å². The van der Waals surface area contributed by atoms with E-state index >= 15 is 0 Å². The lowest BCUT2D eigenvalue weighted by atomic mass is 10.2. The van der Waals surface area contributed by atoms with Gasteiger partial charge in [-0.15, -0.1) is 10.2 Å². The summed E-state index contributed by atoms with van der Waals surface area (Å²) in [5.74, 6) is 2.12. The average Bonchev–Trinajstić information content (AvgIpc) is 3.28. The average molecular weight is 488 g/mol. The lowest BCUT2D eigenvalue weighted by Crippen LogP contribution is -2.12. The number of carbonyl (C=O) groups is 1. The second-order valence-corrected chi connectivity index (χ2v) is 8.96. The number of nitrogens with zero attached hydrogens (tertiary/aromatic N) is 3. The molecule has 0 bridgehead atoms. The van der Waals surface area contributed by atoms with Crippen molar-refractivity contribution >= 4 is 29.0 Å². The summed E-state index contributed by atoms with van der Waals surface area (Å²) in [4.78, 5) is 12.4. The fourth-order valence-corrected chi connectivity index (χ4v) is 4.37. The summed E-state index contributed by atoms with van der Waals surface area (Å²) in [5.41, 5.74) is 3.98. The molecule has 0 aliphatic rings. The molecule has 0 spiro atoms. The van der Waals surface area contributed by atoms with Crippen molar-refractivity contribution in [2.45, 2.75) is 32.0 Å². The van der Waals surface area contributed by atoms with Crippen LogP contribution >= 0.6 is 11.8 Å². The molecule has 35 heavy (non-hydrogen) atoms. The highest BCUT2D eigenvalue weighted by atomic mass is 32.2. The quantitative estimate of drug-likeness (QED) is 0.264. The zero-order valence-electron chi connectivity index (χ0n) is 19.9. The van der Waals surface area contributed by atoms with Crippen molar-refractivity contribution in [2.24, 2.45) is 0 Å². The molecule has 0 saturated heterocycles. The molecular formula is C27H29N5O2S. The molecule has 1 aromatic heterocycles. The monoisotopic (exact) mass is 487 g/mol. The van der Waals surface area contributed by atoms with Crippen LogP contribution in [-0.2, 0) is 11.3 Å². The lowest BCUT2D eigenvalue weighted by Gasteiger charge is -2.12. The van der Waals surface area contributed by atoms with E-state index in [1.54, 1.807) is 0 Å². The number of rotatable bonds is 11. The highest BCUT2D eigenvalue weighted by Crippen LogP contribution is 2.24. The van der Waals surface area contributed by atoms with Crippen LogP contribution < -0.4 is 15.4 Å². The minimum Gasteiger partial charge on any atom is -0.494 e. The number of anilines is 2. The number of aromatic nitrogens is 3. The van der Waals surface area contributed by atoms with Crippen molar-refractivity contribution in [3.05, 3.63) is 90.3 Å². The van der Waals surface area contributed by atoms with Crippen LogP contribution in [0, 0.1) is 6.92 Å². The third-order valence-corrected chi connectivity index (χ3v) is 6.16. The fourth-order valence-electron chi connectivity index (χ4n) is 3.46. The SMILES string of the molecule is CCOc1ccc(NC(=O)CCSc2nnc(CNc3ccc(C)cc3)n2-c2ccccc2)cc1. The molecule has 4 aromatic rings. The Morgan fingerprint density at radius 2 is 1.66 bits per heavy atom. The van der Waals surface area contributed by atoms with Crippen molar-refractivity contribution in [3.8, 4) is 11.4 Å². The van der Waals surface area contributed by atoms with E-state index in [1.807, 2.05) is 66.1 Å².